The molecular formula is C14H21N5O. The standard InChI is InChI=1S/C14H21N5O/c1-14(2,3)20-13-7-5-6-11(17-13)8-15-9-12-10-16-18-19(12)4/h5-7,10,15H,8-9H2,1-4H3. The van der Waals surface area contributed by atoms with E-state index in [4.69, 9.17) is 4.74 Å². The summed E-state index contributed by atoms with van der Waals surface area (Å²) in [6.45, 7) is 7.40. The average molecular weight is 275 g/mol. The summed E-state index contributed by atoms with van der Waals surface area (Å²) in [4.78, 5) is 4.48. The van der Waals surface area contributed by atoms with Crippen LogP contribution in [0.1, 0.15) is 32.2 Å². The van der Waals surface area contributed by atoms with Crippen LogP contribution in [0.3, 0.4) is 0 Å². The van der Waals surface area contributed by atoms with Crippen LogP contribution >= 0.6 is 0 Å². The Hall–Kier alpha value is -1.95. The maximum atomic E-state index is 5.75. The zero-order chi connectivity index (χ0) is 14.6. The van der Waals surface area contributed by atoms with Gasteiger partial charge in [0.1, 0.15) is 5.60 Å². The lowest BCUT2D eigenvalue weighted by Crippen LogP contribution is -2.24. The second-order valence-electron chi connectivity index (χ2n) is 5.63. The van der Waals surface area contributed by atoms with Crippen molar-refractivity contribution in [1.82, 2.24) is 25.3 Å². The van der Waals surface area contributed by atoms with Crippen molar-refractivity contribution in [3.05, 3.63) is 35.8 Å². The summed E-state index contributed by atoms with van der Waals surface area (Å²) in [5, 5.41) is 11.0. The maximum Gasteiger partial charge on any atom is 0.213 e. The Balaban J connectivity index is 1.90. The normalized spacial score (nSPS) is 11.6. The van der Waals surface area contributed by atoms with E-state index in [1.165, 1.54) is 0 Å². The summed E-state index contributed by atoms with van der Waals surface area (Å²) in [5.74, 6) is 0.652. The zero-order valence-electron chi connectivity index (χ0n) is 12.4. The first-order valence-electron chi connectivity index (χ1n) is 6.63. The van der Waals surface area contributed by atoms with E-state index in [9.17, 15) is 0 Å². The Bertz CT molecular complexity index is 559. The molecule has 1 N–H and O–H groups in total. The lowest BCUT2D eigenvalue weighted by atomic mass is 10.2. The van der Waals surface area contributed by atoms with Crippen LogP contribution in [0.2, 0.25) is 0 Å². The Kier molecular flexibility index (Phi) is 4.34. The Morgan fingerprint density at radius 3 is 2.70 bits per heavy atom. The van der Waals surface area contributed by atoms with Crippen molar-refractivity contribution in [2.24, 2.45) is 7.05 Å². The molecule has 0 atom stereocenters. The van der Waals surface area contributed by atoms with Gasteiger partial charge in [0, 0.05) is 26.2 Å². The molecule has 0 aliphatic rings. The average Bonchev–Trinajstić information content (AvgIpc) is 2.73. The molecule has 0 spiro atoms. The number of ether oxygens (including phenoxy) is 1. The van der Waals surface area contributed by atoms with Crippen LogP contribution in [-0.2, 0) is 20.1 Å². The Morgan fingerprint density at radius 1 is 1.25 bits per heavy atom. The molecule has 0 unspecified atom stereocenters. The van der Waals surface area contributed by atoms with E-state index in [-0.39, 0.29) is 5.60 Å². The quantitative estimate of drug-likeness (QED) is 0.899. The minimum atomic E-state index is -0.237. The number of aromatic nitrogens is 4. The second kappa shape index (κ2) is 6.00. The van der Waals surface area contributed by atoms with E-state index in [0.29, 0.717) is 19.0 Å². The summed E-state index contributed by atoms with van der Waals surface area (Å²) in [5.41, 5.74) is 1.74. The number of hydrogen-bond acceptors (Lipinski definition) is 5. The van der Waals surface area contributed by atoms with Crippen molar-refractivity contribution in [3.63, 3.8) is 0 Å². The molecule has 0 aliphatic heterocycles. The number of hydrogen-bond donors (Lipinski definition) is 1. The molecule has 0 aromatic carbocycles. The van der Waals surface area contributed by atoms with Gasteiger partial charge >= 0.3 is 0 Å². The maximum absolute atomic E-state index is 5.75. The predicted molar refractivity (Wildman–Crippen MR) is 76.2 cm³/mol. The molecule has 2 aromatic heterocycles. The van der Waals surface area contributed by atoms with Gasteiger partial charge in [-0.1, -0.05) is 11.3 Å². The number of rotatable bonds is 5. The minimum Gasteiger partial charge on any atom is -0.472 e. The van der Waals surface area contributed by atoms with Crippen LogP contribution in [0, 0.1) is 0 Å². The van der Waals surface area contributed by atoms with E-state index >= 15 is 0 Å². The van der Waals surface area contributed by atoms with Crippen LogP contribution in [0.5, 0.6) is 5.88 Å². The van der Waals surface area contributed by atoms with Gasteiger partial charge in [-0.25, -0.2) is 4.98 Å². The van der Waals surface area contributed by atoms with Crippen molar-refractivity contribution < 1.29 is 4.74 Å². The molecule has 2 rings (SSSR count). The topological polar surface area (TPSA) is 64.9 Å². The highest BCUT2D eigenvalue weighted by Crippen LogP contribution is 2.15. The van der Waals surface area contributed by atoms with Gasteiger partial charge in [0.15, 0.2) is 0 Å². The summed E-state index contributed by atoms with van der Waals surface area (Å²) in [6.07, 6.45) is 1.75. The highest BCUT2D eigenvalue weighted by Gasteiger charge is 2.12. The van der Waals surface area contributed by atoms with E-state index in [1.807, 2.05) is 46.0 Å². The summed E-state index contributed by atoms with van der Waals surface area (Å²) >= 11 is 0. The number of nitrogens with one attached hydrogen (secondary N) is 1. The summed E-state index contributed by atoms with van der Waals surface area (Å²) in [7, 11) is 1.88. The molecule has 2 aromatic rings. The molecule has 0 saturated carbocycles. The van der Waals surface area contributed by atoms with Gasteiger partial charge < -0.3 is 10.1 Å². The van der Waals surface area contributed by atoms with E-state index in [1.54, 1.807) is 10.9 Å². The molecule has 20 heavy (non-hydrogen) atoms. The van der Waals surface area contributed by atoms with Crippen molar-refractivity contribution in [1.29, 1.82) is 0 Å². The highest BCUT2D eigenvalue weighted by atomic mass is 16.5. The fourth-order valence-corrected chi connectivity index (χ4v) is 1.72. The van der Waals surface area contributed by atoms with Gasteiger partial charge in [0.2, 0.25) is 5.88 Å². The molecule has 6 heteroatoms. The van der Waals surface area contributed by atoms with Gasteiger partial charge in [-0.3, -0.25) is 4.68 Å². The zero-order valence-corrected chi connectivity index (χ0v) is 12.4. The molecular weight excluding hydrogens is 254 g/mol. The minimum absolute atomic E-state index is 0.237. The van der Waals surface area contributed by atoms with Gasteiger partial charge in [0.25, 0.3) is 0 Å². The lowest BCUT2D eigenvalue weighted by Gasteiger charge is -2.20. The molecule has 0 radical (unpaired) electrons. The Labute approximate surface area is 119 Å². The molecule has 2 heterocycles. The second-order valence-corrected chi connectivity index (χ2v) is 5.63. The van der Waals surface area contributed by atoms with Crippen molar-refractivity contribution in [3.8, 4) is 5.88 Å². The number of pyridine rings is 1. The first kappa shape index (κ1) is 14.5. The van der Waals surface area contributed by atoms with Crippen LogP contribution < -0.4 is 10.1 Å². The molecule has 0 amide bonds. The third-order valence-corrected chi connectivity index (χ3v) is 2.61. The van der Waals surface area contributed by atoms with Crippen LogP contribution in [0.25, 0.3) is 0 Å². The number of aryl methyl sites for hydroxylation is 1. The van der Waals surface area contributed by atoms with E-state index in [2.05, 4.69) is 20.6 Å². The number of nitrogens with zero attached hydrogens (tertiary/aromatic N) is 4. The third kappa shape index (κ3) is 4.31. The Morgan fingerprint density at radius 2 is 2.05 bits per heavy atom. The van der Waals surface area contributed by atoms with Crippen LogP contribution in [-0.4, -0.2) is 25.6 Å². The summed E-state index contributed by atoms with van der Waals surface area (Å²) in [6, 6.07) is 5.81. The predicted octanol–water partition coefficient (Wildman–Crippen LogP) is 1.68. The van der Waals surface area contributed by atoms with Crippen LogP contribution in [0.4, 0.5) is 0 Å². The molecule has 6 nitrogen and oxygen atoms in total. The summed E-state index contributed by atoms with van der Waals surface area (Å²) < 4.78 is 7.50. The molecule has 0 fully saturated rings. The SMILES string of the molecule is Cn1nncc1CNCc1cccc(OC(C)(C)C)n1. The smallest absolute Gasteiger partial charge is 0.213 e. The lowest BCUT2D eigenvalue weighted by molar-refractivity contribution is 0.124. The van der Waals surface area contributed by atoms with Crippen molar-refractivity contribution in [2.75, 3.05) is 0 Å². The third-order valence-electron chi connectivity index (χ3n) is 2.61. The van der Waals surface area contributed by atoms with Gasteiger partial charge in [0.05, 0.1) is 17.6 Å². The van der Waals surface area contributed by atoms with Gasteiger partial charge in [-0.2, -0.15) is 0 Å². The molecule has 108 valence electrons. The first-order chi connectivity index (χ1) is 9.44. The van der Waals surface area contributed by atoms with E-state index < -0.39 is 0 Å². The van der Waals surface area contributed by atoms with Crippen molar-refractivity contribution >= 4 is 0 Å². The van der Waals surface area contributed by atoms with Crippen LogP contribution in [0.15, 0.2) is 24.4 Å². The van der Waals surface area contributed by atoms with Gasteiger partial charge in [-0.15, -0.1) is 5.10 Å². The molecule has 0 bridgehead atoms. The van der Waals surface area contributed by atoms with E-state index in [0.717, 1.165) is 11.4 Å². The largest absolute Gasteiger partial charge is 0.472 e. The highest BCUT2D eigenvalue weighted by molar-refractivity contribution is 5.16. The fraction of sp³-hybridized carbons (Fsp3) is 0.500. The van der Waals surface area contributed by atoms with Gasteiger partial charge in [-0.05, 0) is 26.8 Å². The van der Waals surface area contributed by atoms with Crippen molar-refractivity contribution in [2.45, 2.75) is 39.5 Å². The fourth-order valence-electron chi connectivity index (χ4n) is 1.72. The monoisotopic (exact) mass is 275 g/mol. The molecule has 0 aliphatic carbocycles. The molecule has 0 saturated heterocycles. The first-order valence-corrected chi connectivity index (χ1v) is 6.63.